The van der Waals surface area contributed by atoms with Crippen molar-refractivity contribution in [2.45, 2.75) is 19.0 Å². The van der Waals surface area contributed by atoms with E-state index in [0.717, 1.165) is 4.90 Å². The van der Waals surface area contributed by atoms with E-state index in [4.69, 9.17) is 23.2 Å². The van der Waals surface area contributed by atoms with Crippen molar-refractivity contribution in [2.75, 3.05) is 0 Å². The molecule has 1 fully saturated rings. The number of carbonyl (C=O) groups is 2. The van der Waals surface area contributed by atoms with Crippen LogP contribution in [-0.4, -0.2) is 16.8 Å². The highest BCUT2D eigenvalue weighted by Crippen LogP contribution is 2.32. The fourth-order valence-electron chi connectivity index (χ4n) is 2.71. The molecule has 1 saturated heterocycles. The Bertz CT molecular complexity index is 843. The minimum Gasteiger partial charge on any atom is -0.319 e. The largest absolute Gasteiger partial charge is 0.325 e. The molecule has 1 unspecified atom stereocenters. The number of nitrogens with zero attached hydrogens (tertiary/aromatic N) is 1. The van der Waals surface area contributed by atoms with Crippen molar-refractivity contribution in [3.8, 4) is 0 Å². The zero-order chi connectivity index (χ0) is 17.5. The monoisotopic (exact) mass is 366 g/mol. The van der Waals surface area contributed by atoms with Crippen LogP contribution in [0.15, 0.2) is 42.5 Å². The molecule has 2 aromatic rings. The number of rotatable bonds is 3. The van der Waals surface area contributed by atoms with Crippen LogP contribution < -0.4 is 5.32 Å². The summed E-state index contributed by atoms with van der Waals surface area (Å²) in [4.78, 5) is 26.1. The van der Waals surface area contributed by atoms with Crippen LogP contribution in [0.3, 0.4) is 0 Å². The molecule has 0 radical (unpaired) electrons. The van der Waals surface area contributed by atoms with Crippen LogP contribution in [0.1, 0.15) is 18.1 Å². The van der Waals surface area contributed by atoms with E-state index in [9.17, 15) is 14.0 Å². The zero-order valence-electron chi connectivity index (χ0n) is 12.6. The van der Waals surface area contributed by atoms with Crippen LogP contribution in [-0.2, 0) is 16.9 Å². The van der Waals surface area contributed by atoms with Crippen molar-refractivity contribution in [1.29, 1.82) is 0 Å². The molecule has 1 N–H and O–H groups in total. The topological polar surface area (TPSA) is 49.4 Å². The fraction of sp³-hybridized carbons (Fsp3) is 0.176. The third-order valence-electron chi connectivity index (χ3n) is 4.01. The summed E-state index contributed by atoms with van der Waals surface area (Å²) in [6.45, 7) is 1.51. The molecule has 1 aliphatic heterocycles. The predicted octanol–water partition coefficient (Wildman–Crippen LogP) is 4.10. The van der Waals surface area contributed by atoms with Gasteiger partial charge in [0.1, 0.15) is 11.4 Å². The summed E-state index contributed by atoms with van der Waals surface area (Å²) in [5.74, 6) is -1.08. The van der Waals surface area contributed by atoms with Crippen molar-refractivity contribution in [3.05, 3.63) is 69.5 Å². The van der Waals surface area contributed by atoms with Gasteiger partial charge in [0.25, 0.3) is 5.91 Å². The van der Waals surface area contributed by atoms with Crippen LogP contribution in [0, 0.1) is 5.82 Å². The Balaban J connectivity index is 1.92. The average molecular weight is 367 g/mol. The van der Waals surface area contributed by atoms with E-state index in [-0.39, 0.29) is 12.1 Å². The summed E-state index contributed by atoms with van der Waals surface area (Å²) >= 11 is 11.8. The molecule has 0 spiro atoms. The predicted molar refractivity (Wildman–Crippen MR) is 89.3 cm³/mol. The Labute approximate surface area is 148 Å². The zero-order valence-corrected chi connectivity index (χ0v) is 14.2. The number of urea groups is 1. The number of hydrogen-bond acceptors (Lipinski definition) is 2. The smallest absolute Gasteiger partial charge is 0.319 e. The Hall–Kier alpha value is -2.11. The molecule has 7 heteroatoms. The molecule has 3 rings (SSSR count). The molecular weight excluding hydrogens is 354 g/mol. The van der Waals surface area contributed by atoms with Gasteiger partial charge in [-0.05, 0) is 30.7 Å². The molecule has 24 heavy (non-hydrogen) atoms. The number of carbonyl (C=O) groups excluding carboxylic acids is 2. The third kappa shape index (κ3) is 2.74. The van der Waals surface area contributed by atoms with Gasteiger partial charge >= 0.3 is 6.03 Å². The first-order chi connectivity index (χ1) is 11.3. The molecule has 2 aromatic carbocycles. The second kappa shape index (κ2) is 6.07. The number of halogens is 3. The van der Waals surface area contributed by atoms with Crippen molar-refractivity contribution in [1.82, 2.24) is 10.2 Å². The van der Waals surface area contributed by atoms with Gasteiger partial charge in [-0.25, -0.2) is 9.18 Å². The molecule has 4 nitrogen and oxygen atoms in total. The SMILES string of the molecule is CC1(c2ccccc2F)NC(=O)N(Cc2ccc(Cl)c(Cl)c2)C1=O. The molecule has 3 amide bonds. The Kier molecular flexibility index (Phi) is 4.24. The first-order valence-corrected chi connectivity index (χ1v) is 7.91. The summed E-state index contributed by atoms with van der Waals surface area (Å²) in [5, 5.41) is 3.29. The summed E-state index contributed by atoms with van der Waals surface area (Å²) in [5.41, 5.74) is -0.677. The fourth-order valence-corrected chi connectivity index (χ4v) is 3.03. The number of imide groups is 1. The molecule has 124 valence electrons. The van der Waals surface area contributed by atoms with Gasteiger partial charge in [0.2, 0.25) is 0 Å². The van der Waals surface area contributed by atoms with Gasteiger partial charge in [0.15, 0.2) is 0 Å². The van der Waals surface area contributed by atoms with Gasteiger partial charge in [-0.15, -0.1) is 0 Å². The van der Waals surface area contributed by atoms with E-state index in [1.165, 1.54) is 25.1 Å². The lowest BCUT2D eigenvalue weighted by Gasteiger charge is -2.22. The number of nitrogens with one attached hydrogen (secondary N) is 1. The van der Waals surface area contributed by atoms with Gasteiger partial charge in [0.05, 0.1) is 16.6 Å². The maximum atomic E-state index is 14.1. The lowest BCUT2D eigenvalue weighted by atomic mass is 9.91. The summed E-state index contributed by atoms with van der Waals surface area (Å²) in [6, 6.07) is 10.1. The molecule has 0 bridgehead atoms. The molecular formula is C17H13Cl2FN2O2. The van der Waals surface area contributed by atoms with Crippen LogP contribution in [0.25, 0.3) is 0 Å². The Morgan fingerprint density at radius 1 is 1.12 bits per heavy atom. The average Bonchev–Trinajstić information content (AvgIpc) is 2.75. The Morgan fingerprint density at radius 2 is 1.83 bits per heavy atom. The van der Waals surface area contributed by atoms with E-state index >= 15 is 0 Å². The van der Waals surface area contributed by atoms with Crippen molar-refractivity contribution >= 4 is 35.1 Å². The normalized spacial score (nSPS) is 20.4. The van der Waals surface area contributed by atoms with Gasteiger partial charge in [-0.1, -0.05) is 47.5 Å². The maximum Gasteiger partial charge on any atom is 0.325 e. The number of amides is 3. The maximum absolute atomic E-state index is 14.1. The highest BCUT2D eigenvalue weighted by molar-refractivity contribution is 6.42. The van der Waals surface area contributed by atoms with E-state index < -0.39 is 23.3 Å². The van der Waals surface area contributed by atoms with Crippen LogP contribution in [0.2, 0.25) is 10.0 Å². The molecule has 1 aliphatic rings. The minimum absolute atomic E-state index is 0.0194. The summed E-state index contributed by atoms with van der Waals surface area (Å²) in [7, 11) is 0. The Morgan fingerprint density at radius 3 is 2.50 bits per heavy atom. The number of benzene rings is 2. The summed E-state index contributed by atoms with van der Waals surface area (Å²) < 4.78 is 14.1. The van der Waals surface area contributed by atoms with Gasteiger partial charge in [-0.2, -0.15) is 0 Å². The third-order valence-corrected chi connectivity index (χ3v) is 4.75. The number of hydrogen-bond donors (Lipinski definition) is 1. The van der Waals surface area contributed by atoms with Crippen LogP contribution >= 0.6 is 23.2 Å². The van der Waals surface area contributed by atoms with Crippen LogP contribution in [0.5, 0.6) is 0 Å². The highest BCUT2D eigenvalue weighted by atomic mass is 35.5. The molecule has 1 atom stereocenters. The van der Waals surface area contributed by atoms with Gasteiger partial charge < -0.3 is 5.32 Å². The van der Waals surface area contributed by atoms with E-state index in [2.05, 4.69) is 5.32 Å². The molecule has 0 aromatic heterocycles. The first-order valence-electron chi connectivity index (χ1n) is 7.16. The van der Waals surface area contributed by atoms with E-state index in [0.29, 0.717) is 15.6 Å². The quantitative estimate of drug-likeness (QED) is 0.831. The van der Waals surface area contributed by atoms with Crippen molar-refractivity contribution in [2.24, 2.45) is 0 Å². The second-order valence-electron chi connectivity index (χ2n) is 5.67. The molecule has 1 heterocycles. The molecule has 0 saturated carbocycles. The standard InChI is InChI=1S/C17H13Cl2FN2O2/c1-17(11-4-2-3-5-14(11)20)15(23)22(16(24)21-17)9-10-6-7-12(18)13(19)8-10/h2-8H,9H2,1H3,(H,21,24). The van der Waals surface area contributed by atoms with Crippen molar-refractivity contribution in [3.63, 3.8) is 0 Å². The summed E-state index contributed by atoms with van der Waals surface area (Å²) in [6.07, 6.45) is 0. The first kappa shape index (κ1) is 16.7. The lowest BCUT2D eigenvalue weighted by molar-refractivity contribution is -0.131. The van der Waals surface area contributed by atoms with Crippen molar-refractivity contribution < 1.29 is 14.0 Å². The van der Waals surface area contributed by atoms with Crippen LogP contribution in [0.4, 0.5) is 9.18 Å². The van der Waals surface area contributed by atoms with E-state index in [1.807, 2.05) is 0 Å². The van der Waals surface area contributed by atoms with E-state index in [1.54, 1.807) is 24.3 Å². The highest BCUT2D eigenvalue weighted by Gasteiger charge is 2.50. The second-order valence-corrected chi connectivity index (χ2v) is 6.49. The lowest BCUT2D eigenvalue weighted by Crippen LogP contribution is -2.41. The molecule has 0 aliphatic carbocycles. The van der Waals surface area contributed by atoms with Gasteiger partial charge in [0, 0.05) is 5.56 Å². The van der Waals surface area contributed by atoms with Gasteiger partial charge in [-0.3, -0.25) is 9.69 Å². The minimum atomic E-state index is -1.45.